The van der Waals surface area contributed by atoms with Crippen LogP contribution in [0.3, 0.4) is 0 Å². The van der Waals surface area contributed by atoms with Crippen LogP contribution in [0.4, 0.5) is 0 Å². The number of aliphatic hydroxyl groups excluding tert-OH is 1. The van der Waals surface area contributed by atoms with E-state index >= 15 is 0 Å². The van der Waals surface area contributed by atoms with Crippen molar-refractivity contribution in [2.24, 2.45) is 0 Å². The fourth-order valence-corrected chi connectivity index (χ4v) is 19.7. The molecule has 0 amide bonds. The number of hydrogen-bond donors (Lipinski definition) is 1. The van der Waals surface area contributed by atoms with Gasteiger partial charge >= 0.3 is 17.1 Å². The van der Waals surface area contributed by atoms with Crippen molar-refractivity contribution in [3.05, 3.63) is 0 Å². The van der Waals surface area contributed by atoms with Gasteiger partial charge in [-0.1, -0.05) is 0 Å². The lowest BCUT2D eigenvalue weighted by molar-refractivity contribution is -0.0540. The van der Waals surface area contributed by atoms with Gasteiger partial charge in [-0.3, -0.25) is 0 Å². The van der Waals surface area contributed by atoms with E-state index in [-0.39, 0.29) is 20.0 Å². The summed E-state index contributed by atoms with van der Waals surface area (Å²) < 4.78 is 29.9. The minimum atomic E-state index is -2.52. The molecule has 0 radical (unpaired) electrons. The van der Waals surface area contributed by atoms with Crippen LogP contribution in [-0.2, 0) is 21.8 Å². The van der Waals surface area contributed by atoms with Crippen LogP contribution in [0.2, 0.25) is 58.9 Å². The summed E-state index contributed by atoms with van der Waals surface area (Å²) in [6.45, 7) is 19.6. The number of rotatable bonds is 12. The first-order valence-electron chi connectivity index (χ1n) is 8.05. The Bertz CT molecular complexity index is 342. The lowest BCUT2D eigenvalue weighted by Crippen LogP contribution is -2.59. The van der Waals surface area contributed by atoms with Crippen LogP contribution in [0.15, 0.2) is 0 Å². The van der Waals surface area contributed by atoms with Gasteiger partial charge in [0.2, 0.25) is 0 Å². The molecule has 0 bridgehead atoms. The molecule has 0 spiro atoms. The molecule has 0 aromatic rings. The smallest absolute Gasteiger partial charge is 0.342 e. The standard InChI is InChI=1S/C13H36O6Si4/c1-20(2,3)17-22(7,8)19-23(9,18-21(4,5)6)13-16-12-15-11-10-14/h14H,10-13H2,1-9H3. The molecular formula is C13H36O6Si4. The Morgan fingerprint density at radius 3 is 1.65 bits per heavy atom. The van der Waals surface area contributed by atoms with Crippen LogP contribution in [-0.4, -0.2) is 65.1 Å². The first kappa shape index (κ1) is 23.6. The molecular weight excluding hydrogens is 364 g/mol. The summed E-state index contributed by atoms with van der Waals surface area (Å²) in [4.78, 5) is 0. The van der Waals surface area contributed by atoms with Gasteiger partial charge in [0.15, 0.2) is 16.6 Å². The van der Waals surface area contributed by atoms with Crippen molar-refractivity contribution in [3.8, 4) is 0 Å². The number of aliphatic hydroxyl groups is 1. The normalized spacial score (nSPS) is 16.4. The molecule has 1 atom stereocenters. The summed E-state index contributed by atoms with van der Waals surface area (Å²) in [6, 6.07) is 0. The SMILES string of the molecule is C[Si](C)(C)O[Si](C)(C)O[Si](C)(COCOCCO)O[Si](C)(C)C. The highest BCUT2D eigenvalue weighted by atomic mass is 28.5. The van der Waals surface area contributed by atoms with Crippen LogP contribution in [0.1, 0.15) is 0 Å². The van der Waals surface area contributed by atoms with Crippen molar-refractivity contribution in [1.82, 2.24) is 0 Å². The predicted molar refractivity (Wildman–Crippen MR) is 103 cm³/mol. The second-order valence-electron chi connectivity index (χ2n) is 8.16. The van der Waals surface area contributed by atoms with Gasteiger partial charge in [0.05, 0.1) is 19.4 Å². The van der Waals surface area contributed by atoms with Gasteiger partial charge in [-0.2, -0.15) is 0 Å². The Morgan fingerprint density at radius 2 is 1.22 bits per heavy atom. The van der Waals surface area contributed by atoms with Gasteiger partial charge in [0.1, 0.15) is 6.79 Å². The summed E-state index contributed by atoms with van der Waals surface area (Å²) >= 11 is 0. The molecule has 0 aromatic carbocycles. The monoisotopic (exact) mass is 400 g/mol. The minimum Gasteiger partial charge on any atom is -0.437 e. The van der Waals surface area contributed by atoms with Gasteiger partial charge < -0.3 is 26.9 Å². The Morgan fingerprint density at radius 1 is 0.696 bits per heavy atom. The highest BCUT2D eigenvalue weighted by molar-refractivity contribution is 6.89. The zero-order valence-corrected chi connectivity index (χ0v) is 20.3. The lowest BCUT2D eigenvalue weighted by atomic mass is 10.8. The molecule has 10 heteroatoms. The Hall–Kier alpha value is 0.628. The summed E-state index contributed by atoms with van der Waals surface area (Å²) in [5.41, 5.74) is 0. The Labute approximate surface area is 146 Å². The third kappa shape index (κ3) is 13.6. The minimum absolute atomic E-state index is 0.00996. The second-order valence-corrected chi connectivity index (χ2v) is 24.4. The molecule has 0 aliphatic rings. The maximum Gasteiger partial charge on any atom is 0.342 e. The third-order valence-electron chi connectivity index (χ3n) is 2.30. The molecule has 0 rings (SSSR count). The first-order chi connectivity index (χ1) is 10.2. The van der Waals surface area contributed by atoms with Crippen molar-refractivity contribution >= 4 is 33.8 Å². The van der Waals surface area contributed by atoms with Crippen molar-refractivity contribution in [3.63, 3.8) is 0 Å². The van der Waals surface area contributed by atoms with Crippen molar-refractivity contribution in [1.29, 1.82) is 0 Å². The molecule has 0 aliphatic heterocycles. The van der Waals surface area contributed by atoms with Crippen molar-refractivity contribution < 1.29 is 26.9 Å². The third-order valence-corrected chi connectivity index (χ3v) is 15.3. The average molecular weight is 401 g/mol. The molecule has 6 nitrogen and oxygen atoms in total. The van der Waals surface area contributed by atoms with Gasteiger partial charge in [0.25, 0.3) is 0 Å². The van der Waals surface area contributed by atoms with E-state index in [1.165, 1.54) is 0 Å². The van der Waals surface area contributed by atoms with Gasteiger partial charge in [-0.05, 0) is 58.9 Å². The molecule has 0 aliphatic carbocycles. The highest BCUT2D eigenvalue weighted by Crippen LogP contribution is 2.24. The zero-order chi connectivity index (χ0) is 18.4. The van der Waals surface area contributed by atoms with E-state index in [1.807, 2.05) is 6.55 Å². The van der Waals surface area contributed by atoms with Crippen LogP contribution in [0, 0.1) is 0 Å². The van der Waals surface area contributed by atoms with Crippen LogP contribution < -0.4 is 0 Å². The Balaban J connectivity index is 4.84. The van der Waals surface area contributed by atoms with E-state index < -0.39 is 33.8 Å². The van der Waals surface area contributed by atoms with Crippen LogP contribution >= 0.6 is 0 Å². The number of ether oxygens (including phenoxy) is 2. The maximum atomic E-state index is 8.72. The molecule has 1 N–H and O–H groups in total. The van der Waals surface area contributed by atoms with E-state index in [0.717, 1.165) is 0 Å². The zero-order valence-electron chi connectivity index (χ0n) is 16.3. The van der Waals surface area contributed by atoms with Crippen LogP contribution in [0.5, 0.6) is 0 Å². The van der Waals surface area contributed by atoms with Gasteiger partial charge in [-0.25, -0.2) is 0 Å². The molecule has 140 valence electrons. The largest absolute Gasteiger partial charge is 0.437 e. The molecule has 0 heterocycles. The van der Waals surface area contributed by atoms with Gasteiger partial charge in [-0.15, -0.1) is 0 Å². The lowest BCUT2D eigenvalue weighted by Gasteiger charge is -2.40. The maximum absolute atomic E-state index is 8.72. The van der Waals surface area contributed by atoms with Crippen molar-refractivity contribution in [2.45, 2.75) is 58.9 Å². The molecule has 0 saturated heterocycles. The average Bonchev–Trinajstić information content (AvgIpc) is 2.20. The van der Waals surface area contributed by atoms with Gasteiger partial charge in [0, 0.05) is 0 Å². The molecule has 1 unspecified atom stereocenters. The second kappa shape index (κ2) is 9.36. The van der Waals surface area contributed by atoms with E-state index in [0.29, 0.717) is 6.23 Å². The van der Waals surface area contributed by atoms with E-state index in [9.17, 15) is 0 Å². The fourth-order valence-electron chi connectivity index (χ4n) is 2.42. The van der Waals surface area contributed by atoms with E-state index in [4.69, 9.17) is 26.9 Å². The summed E-state index contributed by atoms with van der Waals surface area (Å²) in [5, 5.41) is 8.72. The van der Waals surface area contributed by atoms with Crippen LogP contribution in [0.25, 0.3) is 0 Å². The molecule has 0 saturated carbocycles. The van der Waals surface area contributed by atoms with Crippen molar-refractivity contribution in [2.75, 3.05) is 26.2 Å². The Kier molecular flexibility index (Phi) is 9.62. The number of hydrogen-bond acceptors (Lipinski definition) is 6. The fraction of sp³-hybridized carbons (Fsp3) is 1.00. The summed E-state index contributed by atoms with van der Waals surface area (Å²) in [7, 11) is -8.26. The predicted octanol–water partition coefficient (Wildman–Crippen LogP) is 3.00. The topological polar surface area (TPSA) is 66.4 Å². The van der Waals surface area contributed by atoms with E-state index in [2.05, 4.69) is 52.4 Å². The summed E-state index contributed by atoms with van der Waals surface area (Å²) in [5.74, 6) is 0. The summed E-state index contributed by atoms with van der Waals surface area (Å²) in [6.07, 6.45) is 0.397. The van der Waals surface area contributed by atoms with E-state index in [1.54, 1.807) is 0 Å². The molecule has 23 heavy (non-hydrogen) atoms. The highest BCUT2D eigenvalue weighted by Gasteiger charge is 2.44. The first-order valence-corrected chi connectivity index (χ1v) is 20.2. The molecule has 0 aromatic heterocycles. The quantitative estimate of drug-likeness (QED) is 0.308. The molecule has 0 fully saturated rings.